The summed E-state index contributed by atoms with van der Waals surface area (Å²) in [5.74, 6) is 2.06. The molecule has 2 aliphatic carbocycles. The number of nitrogens with zero attached hydrogens (tertiary/aromatic N) is 2. The number of hydrogen-bond donors (Lipinski definition) is 0. The largest absolute Gasteiger partial charge is 0.493 e. The number of ether oxygens (including phenoxy) is 3. The lowest BCUT2D eigenvalue weighted by atomic mass is 9.53. The second kappa shape index (κ2) is 8.24. The average Bonchev–Trinajstić information content (AvgIpc) is 2.84. The molecule has 2 aromatic rings. The molecule has 0 amide bonds. The number of benzene rings is 2. The van der Waals surface area contributed by atoms with Crippen molar-refractivity contribution < 1.29 is 19.0 Å². The number of Topliss-reactive ketones (excluding diaryl/α,β-unsaturated/α-hetero) is 1. The van der Waals surface area contributed by atoms with Crippen LogP contribution >= 0.6 is 0 Å². The average molecular weight is 445 g/mol. The Balaban J connectivity index is 1.63. The molecule has 170 valence electrons. The van der Waals surface area contributed by atoms with Crippen LogP contribution in [0.15, 0.2) is 48.2 Å². The molecule has 0 unspecified atom stereocenters. The van der Waals surface area contributed by atoms with E-state index in [1.54, 1.807) is 20.3 Å². The van der Waals surface area contributed by atoms with Crippen molar-refractivity contribution in [3.63, 3.8) is 0 Å². The Morgan fingerprint density at radius 3 is 2.82 bits per heavy atom. The Bertz CT molecular complexity index is 1180. The minimum atomic E-state index is -0.345. The molecule has 33 heavy (non-hydrogen) atoms. The number of rotatable bonds is 5. The zero-order valence-corrected chi connectivity index (χ0v) is 19.3. The summed E-state index contributed by atoms with van der Waals surface area (Å²) in [6.07, 6.45) is 4.20. The predicted molar refractivity (Wildman–Crippen MR) is 123 cm³/mol. The monoisotopic (exact) mass is 444 g/mol. The number of methoxy groups -OCH3 is 2. The Morgan fingerprint density at radius 2 is 2.06 bits per heavy atom. The number of carbonyl (C=O) groups excluding carboxylic acids is 1. The first-order valence-electron chi connectivity index (χ1n) is 11.3. The molecule has 0 radical (unpaired) electrons. The number of nitriles is 1. The molecular formula is C27H28N2O4. The van der Waals surface area contributed by atoms with Gasteiger partial charge < -0.3 is 19.1 Å². The molecule has 2 aromatic carbocycles. The fraction of sp³-hybridized carbons (Fsp3) is 0.407. The maximum Gasteiger partial charge on any atom is 0.197 e. The summed E-state index contributed by atoms with van der Waals surface area (Å²) in [7, 11) is 5.39. The quantitative estimate of drug-likeness (QED) is 0.699. The van der Waals surface area contributed by atoms with Gasteiger partial charge in [-0.1, -0.05) is 18.2 Å². The normalized spacial score (nSPS) is 25.9. The molecule has 3 atom stereocenters. The Morgan fingerprint density at radius 1 is 1.21 bits per heavy atom. The fourth-order valence-corrected chi connectivity index (χ4v) is 6.04. The molecule has 0 N–H and O–H groups in total. The first-order chi connectivity index (χ1) is 16.0. The van der Waals surface area contributed by atoms with Crippen LogP contribution in [0.2, 0.25) is 0 Å². The summed E-state index contributed by atoms with van der Waals surface area (Å²) < 4.78 is 17.6. The number of likely N-dealkylation sites (tertiary alicyclic amines) is 1. The van der Waals surface area contributed by atoms with E-state index >= 15 is 0 Å². The molecule has 6 heteroatoms. The maximum absolute atomic E-state index is 13.1. The highest BCUT2D eigenvalue weighted by molar-refractivity contribution is 5.96. The highest BCUT2D eigenvalue weighted by Gasteiger charge is 2.56. The summed E-state index contributed by atoms with van der Waals surface area (Å²) in [6, 6.07) is 14.0. The molecular weight excluding hydrogens is 416 g/mol. The van der Waals surface area contributed by atoms with Crippen molar-refractivity contribution in [3.8, 4) is 17.6 Å². The van der Waals surface area contributed by atoms with Gasteiger partial charge in [0.1, 0.15) is 6.61 Å². The van der Waals surface area contributed by atoms with Crippen LogP contribution in [0.5, 0.6) is 11.5 Å². The number of carbonyl (C=O) groups is 1. The first kappa shape index (κ1) is 21.5. The second-order valence-electron chi connectivity index (χ2n) is 9.25. The van der Waals surface area contributed by atoms with Crippen LogP contribution in [-0.4, -0.2) is 44.5 Å². The fourth-order valence-electron chi connectivity index (χ4n) is 6.04. The van der Waals surface area contributed by atoms with E-state index < -0.39 is 0 Å². The first-order valence-corrected chi connectivity index (χ1v) is 11.3. The second-order valence-corrected chi connectivity index (χ2v) is 9.25. The van der Waals surface area contributed by atoms with Crippen LogP contribution in [0.25, 0.3) is 0 Å². The molecule has 0 saturated carbocycles. The lowest BCUT2D eigenvalue weighted by molar-refractivity contribution is -0.122. The molecule has 2 bridgehead atoms. The molecule has 1 aliphatic heterocycles. The zero-order chi connectivity index (χ0) is 23.2. The molecule has 1 saturated heterocycles. The van der Waals surface area contributed by atoms with Gasteiger partial charge in [0.2, 0.25) is 0 Å². The van der Waals surface area contributed by atoms with E-state index in [1.165, 1.54) is 5.56 Å². The minimum absolute atomic E-state index is 0.0420. The van der Waals surface area contributed by atoms with E-state index in [4.69, 9.17) is 14.2 Å². The Kier molecular flexibility index (Phi) is 5.38. The molecule has 0 spiro atoms. The third-order valence-electron chi connectivity index (χ3n) is 7.63. The van der Waals surface area contributed by atoms with E-state index in [9.17, 15) is 10.1 Å². The van der Waals surface area contributed by atoms with Gasteiger partial charge in [0, 0.05) is 29.4 Å². The molecule has 6 nitrogen and oxygen atoms in total. The SMILES string of the molecule is COC1=C[C@@H]2[C@@H]3Cc4ccc(OC)c(OCc5cccc(C#N)c5)c4[C@]2(CCN3C)CC1=O. The third-order valence-corrected chi connectivity index (χ3v) is 7.63. The van der Waals surface area contributed by atoms with Crippen molar-refractivity contribution >= 4 is 5.78 Å². The Hall–Kier alpha value is -3.30. The summed E-state index contributed by atoms with van der Waals surface area (Å²) >= 11 is 0. The number of likely N-dealkylation sites (N-methyl/N-ethyl adjacent to an activating group) is 1. The molecule has 1 fully saturated rings. The zero-order valence-electron chi connectivity index (χ0n) is 19.3. The number of piperidine rings is 1. The van der Waals surface area contributed by atoms with Gasteiger partial charge in [0.25, 0.3) is 0 Å². The van der Waals surface area contributed by atoms with Gasteiger partial charge in [-0.2, -0.15) is 5.26 Å². The number of allylic oxidation sites excluding steroid dienone is 1. The number of fused-ring (bicyclic) bond motifs is 1. The van der Waals surface area contributed by atoms with E-state index in [0.29, 0.717) is 41.9 Å². The molecule has 0 aromatic heterocycles. The van der Waals surface area contributed by atoms with Crippen molar-refractivity contribution in [1.29, 1.82) is 5.26 Å². The van der Waals surface area contributed by atoms with Crippen LogP contribution in [0.4, 0.5) is 0 Å². The van der Waals surface area contributed by atoms with Crippen molar-refractivity contribution in [2.24, 2.45) is 5.92 Å². The smallest absolute Gasteiger partial charge is 0.197 e. The van der Waals surface area contributed by atoms with Gasteiger partial charge in [0.05, 0.1) is 25.9 Å². The summed E-state index contributed by atoms with van der Waals surface area (Å²) in [5, 5.41) is 9.24. The van der Waals surface area contributed by atoms with Crippen molar-refractivity contribution in [1.82, 2.24) is 4.90 Å². The highest BCUT2D eigenvalue weighted by atomic mass is 16.5. The van der Waals surface area contributed by atoms with E-state index in [-0.39, 0.29) is 17.1 Å². The minimum Gasteiger partial charge on any atom is -0.493 e. The van der Waals surface area contributed by atoms with Crippen LogP contribution < -0.4 is 9.47 Å². The standard InChI is InChI=1S/C27H28N2O4/c1-29-10-9-27-14-22(30)24(32-3)13-20(27)21(29)12-19-7-8-23(31-2)26(25(19)27)33-16-18-6-4-5-17(11-18)15-28/h4-8,11,13,20-21H,9-10,12,14,16H2,1-3H3/t20-,21+,27-/m1/s1. The van der Waals surface area contributed by atoms with Crippen LogP contribution in [-0.2, 0) is 28.0 Å². The predicted octanol–water partition coefficient (Wildman–Crippen LogP) is 3.76. The summed E-state index contributed by atoms with van der Waals surface area (Å²) in [5.41, 5.74) is 3.49. The van der Waals surface area contributed by atoms with Gasteiger partial charge in [-0.25, -0.2) is 0 Å². The van der Waals surface area contributed by atoms with E-state index in [1.807, 2.05) is 24.3 Å². The highest BCUT2D eigenvalue weighted by Crippen LogP contribution is 2.58. The molecule has 5 rings (SSSR count). The lowest BCUT2D eigenvalue weighted by Crippen LogP contribution is -2.60. The van der Waals surface area contributed by atoms with Gasteiger partial charge in [-0.05, 0) is 61.8 Å². The Labute approximate surface area is 194 Å². The van der Waals surface area contributed by atoms with Gasteiger partial charge in [0.15, 0.2) is 23.0 Å². The van der Waals surface area contributed by atoms with Gasteiger partial charge >= 0.3 is 0 Å². The van der Waals surface area contributed by atoms with Crippen molar-refractivity contribution in [2.45, 2.75) is 37.3 Å². The van der Waals surface area contributed by atoms with E-state index in [0.717, 1.165) is 30.5 Å². The third kappa shape index (κ3) is 3.39. The molecule has 1 heterocycles. The van der Waals surface area contributed by atoms with Crippen molar-refractivity contribution in [2.75, 3.05) is 27.8 Å². The lowest BCUT2D eigenvalue weighted by Gasteiger charge is -2.56. The van der Waals surface area contributed by atoms with Gasteiger partial charge in [-0.15, -0.1) is 0 Å². The number of ketones is 1. The van der Waals surface area contributed by atoms with Crippen LogP contribution in [0.3, 0.4) is 0 Å². The summed E-state index contributed by atoms with van der Waals surface area (Å²) in [6.45, 7) is 1.24. The van der Waals surface area contributed by atoms with E-state index in [2.05, 4.69) is 30.2 Å². The van der Waals surface area contributed by atoms with Crippen molar-refractivity contribution in [3.05, 3.63) is 70.5 Å². The molecule has 3 aliphatic rings. The van der Waals surface area contributed by atoms with Crippen LogP contribution in [0, 0.1) is 17.2 Å². The summed E-state index contributed by atoms with van der Waals surface area (Å²) in [4.78, 5) is 15.5. The maximum atomic E-state index is 13.1. The van der Waals surface area contributed by atoms with Gasteiger partial charge in [-0.3, -0.25) is 4.79 Å². The van der Waals surface area contributed by atoms with Crippen LogP contribution in [0.1, 0.15) is 35.1 Å². The topological polar surface area (TPSA) is 71.8 Å². The number of hydrogen-bond acceptors (Lipinski definition) is 6.